The summed E-state index contributed by atoms with van der Waals surface area (Å²) in [6.45, 7) is 2.04. The first-order valence-electron chi connectivity index (χ1n) is 12.7. The summed E-state index contributed by atoms with van der Waals surface area (Å²) in [7, 11) is 0. The maximum Gasteiger partial charge on any atom is 0.200 e. The lowest BCUT2D eigenvalue weighted by atomic mass is 9.75. The van der Waals surface area contributed by atoms with Crippen molar-refractivity contribution in [3.8, 4) is 16.9 Å². The van der Waals surface area contributed by atoms with E-state index in [1.807, 2.05) is 6.92 Å². The molecule has 0 aliphatic heterocycles. The summed E-state index contributed by atoms with van der Waals surface area (Å²) in [6.07, 6.45) is 5.16. The number of aliphatic hydroxyl groups is 1. The summed E-state index contributed by atoms with van der Waals surface area (Å²) >= 11 is 0. The molecule has 1 unspecified atom stereocenters. The molecule has 3 aromatic carbocycles. The molecule has 2 N–H and O–H groups in total. The fraction of sp³-hybridized carbons (Fsp3) is 0.400. The van der Waals surface area contributed by atoms with Crippen LogP contribution in [0.3, 0.4) is 0 Å². The Morgan fingerprint density at radius 3 is 2.14 bits per heavy atom. The Hall–Kier alpha value is -2.86. The second kappa shape index (κ2) is 11.5. The van der Waals surface area contributed by atoms with Crippen LogP contribution in [0, 0.1) is 29.2 Å². The highest BCUT2D eigenvalue weighted by Crippen LogP contribution is 2.40. The number of benzene rings is 3. The average molecular weight is 501 g/mol. The zero-order valence-electron chi connectivity index (χ0n) is 20.4. The number of aliphatic hydroxyl groups excluding tert-OH is 1. The van der Waals surface area contributed by atoms with Crippen LogP contribution in [0.5, 0.6) is 5.75 Å². The number of aromatic hydroxyl groups is 1. The van der Waals surface area contributed by atoms with Gasteiger partial charge in [-0.1, -0.05) is 55.8 Å². The Labute approximate surface area is 209 Å². The molecule has 36 heavy (non-hydrogen) atoms. The molecule has 1 atom stereocenters. The third kappa shape index (κ3) is 5.59. The van der Waals surface area contributed by atoms with E-state index in [1.165, 1.54) is 6.07 Å². The second-order valence-corrected chi connectivity index (χ2v) is 9.87. The lowest BCUT2D eigenvalue weighted by molar-refractivity contribution is 0.0727. The molecule has 1 aliphatic carbocycles. The molecule has 1 saturated carbocycles. The van der Waals surface area contributed by atoms with Gasteiger partial charge in [0.1, 0.15) is 0 Å². The van der Waals surface area contributed by atoms with Crippen molar-refractivity contribution in [3.63, 3.8) is 0 Å². The fourth-order valence-corrected chi connectivity index (χ4v) is 5.35. The summed E-state index contributed by atoms with van der Waals surface area (Å²) in [5.41, 5.74) is 2.12. The van der Waals surface area contributed by atoms with Crippen molar-refractivity contribution in [1.29, 1.82) is 0 Å². The van der Waals surface area contributed by atoms with Crippen LogP contribution in [-0.2, 0) is 12.8 Å². The van der Waals surface area contributed by atoms with E-state index < -0.39 is 29.0 Å². The summed E-state index contributed by atoms with van der Waals surface area (Å²) < 4.78 is 57.7. The van der Waals surface area contributed by atoms with Crippen LogP contribution in [-0.4, -0.2) is 16.3 Å². The minimum Gasteiger partial charge on any atom is -0.505 e. The van der Waals surface area contributed by atoms with Gasteiger partial charge in [-0.25, -0.2) is 13.2 Å². The molecule has 2 nitrogen and oxygen atoms in total. The number of phenols is 1. The zero-order valence-corrected chi connectivity index (χ0v) is 20.4. The highest BCUT2D eigenvalue weighted by molar-refractivity contribution is 5.65. The molecular formula is C30H32F4O2. The Bertz CT molecular complexity index is 1180. The molecule has 0 aromatic heterocycles. The fourth-order valence-electron chi connectivity index (χ4n) is 5.35. The topological polar surface area (TPSA) is 40.5 Å². The molecule has 0 bridgehead atoms. The second-order valence-electron chi connectivity index (χ2n) is 9.87. The van der Waals surface area contributed by atoms with E-state index in [-0.39, 0.29) is 35.5 Å². The van der Waals surface area contributed by atoms with E-state index in [0.29, 0.717) is 17.5 Å². The van der Waals surface area contributed by atoms with Gasteiger partial charge in [0.25, 0.3) is 0 Å². The molecule has 1 fully saturated rings. The van der Waals surface area contributed by atoms with Crippen LogP contribution in [0.1, 0.15) is 68.1 Å². The molecule has 192 valence electrons. The molecule has 6 heteroatoms. The van der Waals surface area contributed by atoms with Crippen LogP contribution in [0.2, 0.25) is 0 Å². The van der Waals surface area contributed by atoms with Gasteiger partial charge in [-0.2, -0.15) is 4.39 Å². The first-order chi connectivity index (χ1) is 17.3. The van der Waals surface area contributed by atoms with Crippen molar-refractivity contribution in [2.24, 2.45) is 5.92 Å². The van der Waals surface area contributed by atoms with E-state index >= 15 is 8.78 Å². The van der Waals surface area contributed by atoms with Crippen molar-refractivity contribution >= 4 is 0 Å². The third-order valence-electron chi connectivity index (χ3n) is 7.54. The minimum absolute atomic E-state index is 0.0499. The van der Waals surface area contributed by atoms with E-state index in [0.717, 1.165) is 50.2 Å². The quantitative estimate of drug-likeness (QED) is 0.309. The Morgan fingerprint density at radius 1 is 0.778 bits per heavy atom. The summed E-state index contributed by atoms with van der Waals surface area (Å²) in [4.78, 5) is 0. The zero-order chi connectivity index (χ0) is 25.8. The number of rotatable bonds is 8. The predicted molar refractivity (Wildman–Crippen MR) is 133 cm³/mol. The normalized spacial score (nSPS) is 18.8. The molecule has 0 heterocycles. The van der Waals surface area contributed by atoms with E-state index in [4.69, 9.17) is 0 Å². The maximum atomic E-state index is 15.1. The summed E-state index contributed by atoms with van der Waals surface area (Å²) in [5, 5.41) is 19.5. The van der Waals surface area contributed by atoms with Crippen LogP contribution >= 0.6 is 0 Å². The van der Waals surface area contributed by atoms with Crippen molar-refractivity contribution in [2.45, 2.75) is 70.3 Å². The average Bonchev–Trinajstić information content (AvgIpc) is 2.89. The van der Waals surface area contributed by atoms with Gasteiger partial charge in [0.15, 0.2) is 23.2 Å². The van der Waals surface area contributed by atoms with Gasteiger partial charge in [0.2, 0.25) is 5.82 Å². The van der Waals surface area contributed by atoms with Gasteiger partial charge < -0.3 is 10.2 Å². The molecule has 3 aromatic rings. The molecule has 0 radical (unpaired) electrons. The highest BCUT2D eigenvalue weighted by Gasteiger charge is 2.29. The third-order valence-corrected chi connectivity index (χ3v) is 7.54. The van der Waals surface area contributed by atoms with E-state index in [9.17, 15) is 19.0 Å². The number of halogens is 4. The Balaban J connectivity index is 1.42. The maximum absolute atomic E-state index is 15.1. The van der Waals surface area contributed by atoms with E-state index in [1.54, 1.807) is 36.4 Å². The predicted octanol–water partition coefficient (Wildman–Crippen LogP) is 7.84. The van der Waals surface area contributed by atoms with E-state index in [2.05, 4.69) is 0 Å². The first kappa shape index (κ1) is 26.2. The smallest absolute Gasteiger partial charge is 0.200 e. The molecule has 0 saturated heterocycles. The minimum atomic E-state index is -1.26. The molecule has 1 aliphatic rings. The molecular weight excluding hydrogens is 468 g/mol. The lowest BCUT2D eigenvalue weighted by Crippen LogP contribution is -2.25. The standard InChI is InChI=1S/C30H32F4O2/c1-2-3-25(35)21-12-10-20(11-13-21)24-16-15-23(28(32)29(24)33)19-7-4-18(5-8-19)6-9-22-14-17-26(36)30(34)27(22)31/h4-5,7-8,14-17,20-21,25,35-36H,2-3,6,9-13H2,1H3. The first-order valence-corrected chi connectivity index (χ1v) is 12.7. The lowest BCUT2D eigenvalue weighted by Gasteiger charge is -2.32. The summed E-state index contributed by atoms with van der Waals surface area (Å²) in [6, 6.07) is 12.7. The van der Waals surface area contributed by atoms with Crippen molar-refractivity contribution in [1.82, 2.24) is 0 Å². The van der Waals surface area contributed by atoms with Crippen LogP contribution in [0.25, 0.3) is 11.1 Å². The van der Waals surface area contributed by atoms with Gasteiger partial charge in [0.05, 0.1) is 6.10 Å². The number of hydrogen-bond donors (Lipinski definition) is 2. The molecule has 4 rings (SSSR count). The van der Waals surface area contributed by atoms with Gasteiger partial charge >= 0.3 is 0 Å². The largest absolute Gasteiger partial charge is 0.505 e. The van der Waals surface area contributed by atoms with Crippen molar-refractivity contribution < 1.29 is 27.8 Å². The van der Waals surface area contributed by atoms with Crippen molar-refractivity contribution in [2.75, 3.05) is 0 Å². The SMILES string of the molecule is CCCC(O)C1CCC(c2ccc(-c3ccc(CCc4ccc(O)c(F)c4F)cc3)c(F)c2F)CC1. The van der Waals surface area contributed by atoms with Gasteiger partial charge in [-0.05, 0) is 85.1 Å². The highest BCUT2D eigenvalue weighted by atomic mass is 19.2. The Morgan fingerprint density at radius 2 is 1.47 bits per heavy atom. The monoisotopic (exact) mass is 500 g/mol. The van der Waals surface area contributed by atoms with Crippen LogP contribution in [0.15, 0.2) is 48.5 Å². The van der Waals surface area contributed by atoms with Gasteiger partial charge in [-0.3, -0.25) is 0 Å². The molecule has 0 amide bonds. The number of hydrogen-bond acceptors (Lipinski definition) is 2. The summed E-state index contributed by atoms with van der Waals surface area (Å²) in [5.74, 6) is -4.53. The molecule has 0 spiro atoms. The number of aryl methyl sites for hydroxylation is 2. The van der Waals surface area contributed by atoms with Crippen LogP contribution in [0.4, 0.5) is 17.6 Å². The van der Waals surface area contributed by atoms with Crippen molar-refractivity contribution in [3.05, 3.63) is 88.5 Å². The number of phenolic OH excluding ortho intramolecular Hbond substituents is 1. The van der Waals surface area contributed by atoms with Crippen LogP contribution < -0.4 is 0 Å². The Kier molecular flexibility index (Phi) is 8.35. The van der Waals surface area contributed by atoms with Gasteiger partial charge in [-0.15, -0.1) is 0 Å². The van der Waals surface area contributed by atoms with Gasteiger partial charge in [0, 0.05) is 5.56 Å².